The molecule has 1 aromatic heterocycles. The van der Waals surface area contributed by atoms with Gasteiger partial charge in [-0.2, -0.15) is 18.3 Å². The molecule has 0 bridgehead atoms. The molecule has 1 aliphatic carbocycles. The molecular formula is C21H27F3N4O4S. The first-order valence-electron chi connectivity index (χ1n) is 10.5. The normalized spacial score (nSPS) is 20.5. The summed E-state index contributed by atoms with van der Waals surface area (Å²) in [6.45, 7) is 2.95. The van der Waals surface area contributed by atoms with Crippen molar-refractivity contribution in [3.63, 3.8) is 0 Å². The Labute approximate surface area is 190 Å². The second kappa shape index (κ2) is 9.82. The Morgan fingerprint density at radius 1 is 1.21 bits per heavy atom. The molecule has 12 heteroatoms. The third kappa shape index (κ3) is 6.33. The minimum Gasteiger partial charge on any atom is -0.475 e. The van der Waals surface area contributed by atoms with Crippen molar-refractivity contribution >= 4 is 16.0 Å². The first-order valence-corrected chi connectivity index (χ1v) is 12.0. The predicted octanol–water partition coefficient (Wildman–Crippen LogP) is 2.78. The lowest BCUT2D eigenvalue weighted by Crippen LogP contribution is -2.58. The summed E-state index contributed by atoms with van der Waals surface area (Å²) in [6, 6.07) is 8.74. The Balaban J connectivity index is 0.000000383. The van der Waals surface area contributed by atoms with Crippen molar-refractivity contribution in [3.05, 3.63) is 48.3 Å². The van der Waals surface area contributed by atoms with Gasteiger partial charge in [-0.15, -0.1) is 0 Å². The number of carboxylic acid groups (broad SMARTS) is 1. The van der Waals surface area contributed by atoms with Crippen molar-refractivity contribution in [2.45, 2.75) is 49.3 Å². The molecule has 2 aromatic rings. The molecule has 2 N–H and O–H groups in total. The van der Waals surface area contributed by atoms with Crippen molar-refractivity contribution in [2.24, 2.45) is 12.5 Å². The van der Waals surface area contributed by atoms with Crippen LogP contribution in [0, 0.1) is 5.41 Å². The number of rotatable bonds is 5. The van der Waals surface area contributed by atoms with E-state index in [9.17, 15) is 21.6 Å². The first-order chi connectivity index (χ1) is 15.4. The number of sulfonamides is 1. The number of alkyl halides is 3. The first kappa shape index (κ1) is 25.2. The third-order valence-corrected chi connectivity index (χ3v) is 7.77. The Kier molecular flexibility index (Phi) is 7.49. The number of carbonyl (C=O) groups is 1. The largest absolute Gasteiger partial charge is 0.490 e. The van der Waals surface area contributed by atoms with Gasteiger partial charge in [0.05, 0.1) is 11.1 Å². The van der Waals surface area contributed by atoms with E-state index in [1.54, 1.807) is 24.3 Å². The lowest BCUT2D eigenvalue weighted by molar-refractivity contribution is -0.192. The number of piperidine rings is 1. The molecule has 1 saturated carbocycles. The number of aromatic nitrogens is 2. The van der Waals surface area contributed by atoms with Crippen LogP contribution in [0.2, 0.25) is 0 Å². The molecule has 1 atom stereocenters. The maximum absolute atomic E-state index is 12.6. The number of nitrogens with one attached hydrogen (secondary N) is 1. The summed E-state index contributed by atoms with van der Waals surface area (Å²) in [4.78, 5) is 11.7. The molecule has 2 heterocycles. The van der Waals surface area contributed by atoms with Crippen LogP contribution in [0.15, 0.2) is 47.6 Å². The van der Waals surface area contributed by atoms with E-state index in [0.717, 1.165) is 45.3 Å². The van der Waals surface area contributed by atoms with Gasteiger partial charge in [0.1, 0.15) is 0 Å². The maximum atomic E-state index is 12.6. The topological polar surface area (TPSA) is 105 Å². The van der Waals surface area contributed by atoms with Gasteiger partial charge in [-0.1, -0.05) is 18.2 Å². The van der Waals surface area contributed by atoms with Crippen LogP contribution in [-0.2, 0) is 28.4 Å². The highest BCUT2D eigenvalue weighted by Crippen LogP contribution is 2.49. The number of benzene rings is 1. The van der Waals surface area contributed by atoms with Gasteiger partial charge in [-0.3, -0.25) is 9.58 Å². The molecule has 33 heavy (non-hydrogen) atoms. The van der Waals surface area contributed by atoms with Gasteiger partial charge in [0, 0.05) is 31.4 Å². The monoisotopic (exact) mass is 488 g/mol. The SMILES string of the molecule is Cn1cc(CN2CCC3(CCC3NS(=O)(=O)c3ccccc3)CC2)cn1.O=C(O)C(F)(F)F. The molecule has 1 spiro atoms. The highest BCUT2D eigenvalue weighted by molar-refractivity contribution is 7.89. The number of aliphatic carboxylic acids is 1. The van der Waals surface area contributed by atoms with Crippen LogP contribution >= 0.6 is 0 Å². The van der Waals surface area contributed by atoms with Gasteiger partial charge in [0.25, 0.3) is 0 Å². The maximum Gasteiger partial charge on any atom is 0.490 e. The molecular weight excluding hydrogens is 461 g/mol. The Hall–Kier alpha value is -2.44. The van der Waals surface area contributed by atoms with Gasteiger partial charge >= 0.3 is 12.1 Å². The van der Waals surface area contributed by atoms with E-state index in [4.69, 9.17) is 9.90 Å². The second-order valence-corrected chi connectivity index (χ2v) is 10.2. The number of likely N-dealkylation sites (tertiary alicyclic amines) is 1. The number of nitrogens with zero attached hydrogens (tertiary/aromatic N) is 3. The van der Waals surface area contributed by atoms with Gasteiger partial charge in [-0.05, 0) is 56.3 Å². The number of halogens is 3. The fourth-order valence-electron chi connectivity index (χ4n) is 4.30. The van der Waals surface area contributed by atoms with E-state index in [0.29, 0.717) is 4.90 Å². The molecule has 0 amide bonds. The lowest BCUT2D eigenvalue weighted by Gasteiger charge is -2.54. The predicted molar refractivity (Wildman–Crippen MR) is 114 cm³/mol. The highest BCUT2D eigenvalue weighted by atomic mass is 32.2. The Bertz CT molecular complexity index is 1050. The Morgan fingerprint density at radius 3 is 2.27 bits per heavy atom. The van der Waals surface area contributed by atoms with Crippen LogP contribution in [-0.4, -0.2) is 59.5 Å². The molecule has 4 rings (SSSR count). The van der Waals surface area contributed by atoms with Crippen molar-refractivity contribution in [3.8, 4) is 0 Å². The summed E-state index contributed by atoms with van der Waals surface area (Å²) in [5.41, 5.74) is 1.37. The van der Waals surface area contributed by atoms with Crippen molar-refractivity contribution in [2.75, 3.05) is 13.1 Å². The zero-order chi connectivity index (χ0) is 24.3. The third-order valence-electron chi connectivity index (χ3n) is 6.28. The number of hydrogen-bond acceptors (Lipinski definition) is 5. The van der Waals surface area contributed by atoms with E-state index in [-0.39, 0.29) is 11.5 Å². The van der Waals surface area contributed by atoms with Crippen LogP contribution in [0.5, 0.6) is 0 Å². The summed E-state index contributed by atoms with van der Waals surface area (Å²) in [7, 11) is -1.49. The van der Waals surface area contributed by atoms with Crippen molar-refractivity contribution in [1.82, 2.24) is 19.4 Å². The van der Waals surface area contributed by atoms with Crippen LogP contribution in [0.3, 0.4) is 0 Å². The lowest BCUT2D eigenvalue weighted by atomic mass is 9.59. The van der Waals surface area contributed by atoms with Crippen LogP contribution in [0.4, 0.5) is 13.2 Å². The fourth-order valence-corrected chi connectivity index (χ4v) is 5.70. The van der Waals surface area contributed by atoms with Crippen LogP contribution in [0.1, 0.15) is 31.2 Å². The van der Waals surface area contributed by atoms with Gasteiger partial charge in [0.2, 0.25) is 10.0 Å². The molecule has 2 fully saturated rings. The second-order valence-electron chi connectivity index (χ2n) is 8.49. The van der Waals surface area contributed by atoms with Gasteiger partial charge in [-0.25, -0.2) is 17.9 Å². The number of aryl methyl sites for hydroxylation is 1. The summed E-state index contributed by atoms with van der Waals surface area (Å²) < 4.78 is 61.8. The molecule has 1 unspecified atom stereocenters. The van der Waals surface area contributed by atoms with E-state index in [1.807, 2.05) is 24.0 Å². The molecule has 0 radical (unpaired) electrons. The molecule has 182 valence electrons. The van der Waals surface area contributed by atoms with Crippen LogP contribution in [0.25, 0.3) is 0 Å². The summed E-state index contributed by atoms with van der Waals surface area (Å²) in [5, 5.41) is 11.4. The zero-order valence-corrected chi connectivity index (χ0v) is 18.9. The summed E-state index contributed by atoms with van der Waals surface area (Å²) in [5.74, 6) is -2.76. The average Bonchev–Trinajstić information content (AvgIpc) is 3.17. The zero-order valence-electron chi connectivity index (χ0n) is 18.1. The van der Waals surface area contributed by atoms with Gasteiger partial charge in [0.15, 0.2) is 0 Å². The molecule has 8 nitrogen and oxygen atoms in total. The Morgan fingerprint density at radius 2 is 1.82 bits per heavy atom. The summed E-state index contributed by atoms with van der Waals surface area (Å²) >= 11 is 0. The van der Waals surface area contributed by atoms with Crippen molar-refractivity contribution < 1.29 is 31.5 Å². The fraction of sp³-hybridized carbons (Fsp3) is 0.524. The standard InChI is InChI=1S/C19H26N4O2S.C2HF3O2/c1-22-14-16(13-20-22)15-23-11-9-19(10-12-23)8-7-18(19)21-26(24,25)17-5-3-2-4-6-17;3-2(4,5)1(6)7/h2-6,13-14,18,21H,7-12,15H2,1H3;(H,6,7). The van der Waals surface area contributed by atoms with Gasteiger partial charge < -0.3 is 5.11 Å². The highest BCUT2D eigenvalue weighted by Gasteiger charge is 2.49. The quantitative estimate of drug-likeness (QED) is 0.671. The average molecular weight is 489 g/mol. The van der Waals surface area contributed by atoms with Crippen molar-refractivity contribution in [1.29, 1.82) is 0 Å². The smallest absolute Gasteiger partial charge is 0.475 e. The molecule has 2 aliphatic rings. The number of hydrogen-bond donors (Lipinski definition) is 2. The van der Waals surface area contributed by atoms with E-state index >= 15 is 0 Å². The van der Waals surface area contributed by atoms with Crippen LogP contribution < -0.4 is 4.72 Å². The molecule has 1 aromatic carbocycles. The number of carboxylic acids is 1. The van der Waals surface area contributed by atoms with E-state index in [2.05, 4.69) is 20.9 Å². The minimum absolute atomic E-state index is 0.0632. The molecule has 1 saturated heterocycles. The summed E-state index contributed by atoms with van der Waals surface area (Å²) in [6.07, 6.45) is 3.06. The van der Waals surface area contributed by atoms with E-state index in [1.165, 1.54) is 5.56 Å². The molecule has 1 aliphatic heterocycles. The van der Waals surface area contributed by atoms with E-state index < -0.39 is 22.2 Å². The minimum atomic E-state index is -5.08.